The molecule has 3 nitrogen and oxygen atoms in total. The lowest BCUT2D eigenvalue weighted by atomic mass is 10.2. The van der Waals surface area contributed by atoms with Gasteiger partial charge in [-0.15, -0.1) is 4.91 Å². The average Bonchev–Trinajstić information content (AvgIpc) is 2.15. The van der Waals surface area contributed by atoms with Crippen LogP contribution in [0.5, 0.6) is 0 Å². The molecule has 4 heteroatoms. The number of hydrogen-bond acceptors (Lipinski definition) is 3. The smallest absolute Gasteiger partial charge is 0.145 e. The Hall–Kier alpha value is -0.900. The standard InChI is InChI=1S/C9H11BrN2O/c1-2-6-11-8-5-3-4-7(10)9(8)12-13/h3-5,11H,2,6H2,1H3. The van der Waals surface area contributed by atoms with Crippen LogP contribution in [0.4, 0.5) is 11.4 Å². The largest absolute Gasteiger partial charge is 0.383 e. The van der Waals surface area contributed by atoms with Crippen molar-refractivity contribution in [2.45, 2.75) is 13.3 Å². The van der Waals surface area contributed by atoms with Crippen LogP contribution in [0.15, 0.2) is 27.8 Å². The summed E-state index contributed by atoms with van der Waals surface area (Å²) >= 11 is 3.27. The van der Waals surface area contributed by atoms with Crippen LogP contribution in [0, 0.1) is 4.91 Å². The number of rotatable bonds is 4. The normalized spacial score (nSPS) is 9.69. The molecule has 1 rings (SSSR count). The lowest BCUT2D eigenvalue weighted by molar-refractivity contribution is 0.979. The summed E-state index contributed by atoms with van der Waals surface area (Å²) in [4.78, 5) is 10.5. The molecule has 0 aliphatic rings. The van der Waals surface area contributed by atoms with Crippen molar-refractivity contribution in [1.82, 2.24) is 0 Å². The summed E-state index contributed by atoms with van der Waals surface area (Å²) in [5, 5.41) is 6.09. The first-order chi connectivity index (χ1) is 6.29. The summed E-state index contributed by atoms with van der Waals surface area (Å²) in [5.74, 6) is 0. The summed E-state index contributed by atoms with van der Waals surface area (Å²) in [6.45, 7) is 2.91. The van der Waals surface area contributed by atoms with Gasteiger partial charge in [-0.05, 0) is 39.7 Å². The van der Waals surface area contributed by atoms with Gasteiger partial charge in [-0.2, -0.15) is 0 Å². The SMILES string of the molecule is CCCNc1cccc(Br)c1N=O. The minimum atomic E-state index is 0.441. The van der Waals surface area contributed by atoms with E-state index in [2.05, 4.69) is 33.3 Å². The second-order valence-corrected chi connectivity index (χ2v) is 3.51. The first-order valence-electron chi connectivity index (χ1n) is 4.15. The molecule has 0 spiro atoms. The van der Waals surface area contributed by atoms with E-state index in [1.165, 1.54) is 0 Å². The van der Waals surface area contributed by atoms with Gasteiger partial charge in [0.2, 0.25) is 0 Å². The Morgan fingerprint density at radius 2 is 2.31 bits per heavy atom. The molecule has 0 unspecified atom stereocenters. The van der Waals surface area contributed by atoms with Crippen molar-refractivity contribution in [3.63, 3.8) is 0 Å². The molecule has 0 saturated heterocycles. The maximum Gasteiger partial charge on any atom is 0.145 e. The van der Waals surface area contributed by atoms with Crippen LogP contribution in [0.1, 0.15) is 13.3 Å². The summed E-state index contributed by atoms with van der Waals surface area (Å²) in [5.41, 5.74) is 1.22. The summed E-state index contributed by atoms with van der Waals surface area (Å²) in [6.07, 6.45) is 1.02. The quantitative estimate of drug-likeness (QED) is 0.819. The third-order valence-corrected chi connectivity index (χ3v) is 2.28. The van der Waals surface area contributed by atoms with Crippen molar-refractivity contribution in [3.05, 3.63) is 27.6 Å². The third kappa shape index (κ3) is 2.52. The van der Waals surface area contributed by atoms with Crippen LogP contribution in [0.3, 0.4) is 0 Å². The van der Waals surface area contributed by atoms with Gasteiger partial charge >= 0.3 is 0 Å². The van der Waals surface area contributed by atoms with Crippen LogP contribution >= 0.6 is 15.9 Å². The number of nitrogens with one attached hydrogen (secondary N) is 1. The van der Waals surface area contributed by atoms with Gasteiger partial charge in [0, 0.05) is 11.0 Å². The Morgan fingerprint density at radius 1 is 1.54 bits per heavy atom. The number of anilines is 1. The fourth-order valence-electron chi connectivity index (χ4n) is 1.01. The van der Waals surface area contributed by atoms with E-state index in [9.17, 15) is 4.91 Å². The molecule has 0 aliphatic carbocycles. The molecule has 70 valence electrons. The maximum atomic E-state index is 10.5. The lowest BCUT2D eigenvalue weighted by Crippen LogP contribution is -1.99. The van der Waals surface area contributed by atoms with Crippen LogP contribution < -0.4 is 5.32 Å². The van der Waals surface area contributed by atoms with E-state index in [1.54, 1.807) is 6.07 Å². The highest BCUT2D eigenvalue weighted by Crippen LogP contribution is 2.32. The Morgan fingerprint density at radius 3 is 2.92 bits per heavy atom. The van der Waals surface area contributed by atoms with Crippen molar-refractivity contribution in [1.29, 1.82) is 0 Å². The zero-order valence-corrected chi connectivity index (χ0v) is 8.97. The van der Waals surface area contributed by atoms with Crippen LogP contribution in [0.2, 0.25) is 0 Å². The summed E-state index contributed by atoms with van der Waals surface area (Å²) in [6, 6.07) is 5.52. The maximum absolute atomic E-state index is 10.5. The predicted octanol–water partition coefficient (Wildman–Crippen LogP) is 3.67. The molecule has 0 heterocycles. The minimum absolute atomic E-state index is 0.441. The molecule has 1 N–H and O–H groups in total. The van der Waals surface area contributed by atoms with Gasteiger partial charge < -0.3 is 5.32 Å². The fourth-order valence-corrected chi connectivity index (χ4v) is 1.45. The third-order valence-electron chi connectivity index (χ3n) is 1.64. The molecule has 0 amide bonds. The number of benzene rings is 1. The van der Waals surface area contributed by atoms with E-state index in [0.717, 1.165) is 23.1 Å². The van der Waals surface area contributed by atoms with Gasteiger partial charge in [0.25, 0.3) is 0 Å². The second kappa shape index (κ2) is 4.97. The summed E-state index contributed by atoms with van der Waals surface area (Å²) in [7, 11) is 0. The van der Waals surface area contributed by atoms with E-state index in [4.69, 9.17) is 0 Å². The Kier molecular flexibility index (Phi) is 3.89. The number of hydrogen-bond donors (Lipinski definition) is 1. The van der Waals surface area contributed by atoms with E-state index in [1.807, 2.05) is 12.1 Å². The van der Waals surface area contributed by atoms with Gasteiger partial charge in [-0.25, -0.2) is 0 Å². The highest BCUT2D eigenvalue weighted by molar-refractivity contribution is 9.10. The van der Waals surface area contributed by atoms with Crippen molar-refractivity contribution in [2.75, 3.05) is 11.9 Å². The van der Waals surface area contributed by atoms with E-state index < -0.39 is 0 Å². The zero-order chi connectivity index (χ0) is 9.68. The molecule has 0 radical (unpaired) electrons. The topological polar surface area (TPSA) is 41.5 Å². The van der Waals surface area contributed by atoms with E-state index >= 15 is 0 Å². The average molecular weight is 243 g/mol. The van der Waals surface area contributed by atoms with Gasteiger partial charge in [0.15, 0.2) is 0 Å². The first-order valence-corrected chi connectivity index (χ1v) is 4.94. The zero-order valence-electron chi connectivity index (χ0n) is 7.38. The van der Waals surface area contributed by atoms with E-state index in [0.29, 0.717) is 5.69 Å². The van der Waals surface area contributed by atoms with Crippen LogP contribution in [-0.2, 0) is 0 Å². The van der Waals surface area contributed by atoms with Crippen LogP contribution in [0.25, 0.3) is 0 Å². The highest BCUT2D eigenvalue weighted by Gasteiger charge is 2.05. The van der Waals surface area contributed by atoms with Crippen molar-refractivity contribution in [3.8, 4) is 0 Å². The molecule has 1 aromatic carbocycles. The van der Waals surface area contributed by atoms with Gasteiger partial charge in [-0.1, -0.05) is 13.0 Å². The molecular formula is C9H11BrN2O. The van der Waals surface area contributed by atoms with Gasteiger partial charge in [0.05, 0.1) is 5.69 Å². The van der Waals surface area contributed by atoms with Gasteiger partial charge in [0.1, 0.15) is 5.69 Å². The summed E-state index contributed by atoms with van der Waals surface area (Å²) < 4.78 is 0.726. The van der Waals surface area contributed by atoms with Crippen LogP contribution in [-0.4, -0.2) is 6.54 Å². The lowest BCUT2D eigenvalue weighted by Gasteiger charge is -2.06. The Bertz CT molecular complexity index is 302. The minimum Gasteiger partial charge on any atom is -0.383 e. The van der Waals surface area contributed by atoms with Crippen molar-refractivity contribution < 1.29 is 0 Å². The predicted molar refractivity (Wildman–Crippen MR) is 58.4 cm³/mol. The molecule has 1 aromatic rings. The Balaban J connectivity index is 2.91. The van der Waals surface area contributed by atoms with Crippen molar-refractivity contribution >= 4 is 27.3 Å². The van der Waals surface area contributed by atoms with E-state index in [-0.39, 0.29) is 0 Å². The molecule has 0 saturated carbocycles. The highest BCUT2D eigenvalue weighted by atomic mass is 79.9. The molecule has 0 fully saturated rings. The molecule has 0 atom stereocenters. The monoisotopic (exact) mass is 242 g/mol. The van der Waals surface area contributed by atoms with Crippen molar-refractivity contribution in [2.24, 2.45) is 5.18 Å². The molecule has 0 aromatic heterocycles. The fraction of sp³-hybridized carbons (Fsp3) is 0.333. The molecular weight excluding hydrogens is 232 g/mol. The number of nitrogens with zero attached hydrogens (tertiary/aromatic N) is 1. The molecule has 0 aliphatic heterocycles. The molecule has 0 bridgehead atoms. The first kappa shape index (κ1) is 10.2. The number of nitroso groups, excluding NO2 is 1. The molecule has 13 heavy (non-hydrogen) atoms. The number of halogens is 1. The Labute approximate surface area is 85.6 Å². The second-order valence-electron chi connectivity index (χ2n) is 2.65. The van der Waals surface area contributed by atoms with Gasteiger partial charge in [-0.3, -0.25) is 0 Å².